The first-order valence-electron chi connectivity index (χ1n) is 4.41. The van der Waals surface area contributed by atoms with Crippen LogP contribution in [-0.2, 0) is 0 Å². The predicted octanol–water partition coefficient (Wildman–Crippen LogP) is 2.29. The second-order valence-corrected chi connectivity index (χ2v) is 2.94. The number of rotatable bonds is 2. The Morgan fingerprint density at radius 3 is 2.80 bits per heavy atom. The number of halogens is 1. The van der Waals surface area contributed by atoms with Gasteiger partial charge in [-0.3, -0.25) is 9.97 Å². The lowest BCUT2D eigenvalue weighted by molar-refractivity contribution is 0.387. The molecule has 2 aromatic rings. The maximum absolute atomic E-state index is 13.1. The van der Waals surface area contributed by atoms with E-state index in [1.54, 1.807) is 30.7 Å². The Balaban J connectivity index is 2.46. The van der Waals surface area contributed by atoms with Crippen LogP contribution in [0.1, 0.15) is 0 Å². The molecule has 0 N–H and O–H groups in total. The Bertz CT molecular complexity index is 459. The first kappa shape index (κ1) is 9.58. The van der Waals surface area contributed by atoms with Crippen LogP contribution in [0.5, 0.6) is 5.75 Å². The smallest absolute Gasteiger partial charge is 0.165 e. The van der Waals surface area contributed by atoms with E-state index in [-0.39, 0.29) is 11.6 Å². The van der Waals surface area contributed by atoms with Gasteiger partial charge in [-0.25, -0.2) is 4.39 Å². The number of benzene rings is 1. The average molecular weight is 204 g/mol. The van der Waals surface area contributed by atoms with Crippen molar-refractivity contribution in [1.29, 1.82) is 0 Å². The van der Waals surface area contributed by atoms with Gasteiger partial charge in [0.2, 0.25) is 0 Å². The highest BCUT2D eigenvalue weighted by Crippen LogP contribution is 2.24. The predicted molar refractivity (Wildman–Crippen MR) is 54.0 cm³/mol. The third-order valence-electron chi connectivity index (χ3n) is 2.01. The summed E-state index contributed by atoms with van der Waals surface area (Å²) in [6.45, 7) is 0. The summed E-state index contributed by atoms with van der Waals surface area (Å²) < 4.78 is 18.0. The van der Waals surface area contributed by atoms with Gasteiger partial charge in [-0.15, -0.1) is 0 Å². The van der Waals surface area contributed by atoms with Gasteiger partial charge in [0.25, 0.3) is 0 Å². The minimum Gasteiger partial charge on any atom is -0.494 e. The summed E-state index contributed by atoms with van der Waals surface area (Å²) in [6.07, 6.45) is 4.79. The molecule has 0 unspecified atom stereocenters. The molecule has 0 fully saturated rings. The van der Waals surface area contributed by atoms with E-state index >= 15 is 0 Å². The van der Waals surface area contributed by atoms with Gasteiger partial charge in [-0.1, -0.05) is 0 Å². The zero-order valence-electron chi connectivity index (χ0n) is 8.14. The van der Waals surface area contributed by atoms with Crippen LogP contribution in [0.25, 0.3) is 11.3 Å². The van der Waals surface area contributed by atoms with Crippen LogP contribution in [0.3, 0.4) is 0 Å². The van der Waals surface area contributed by atoms with Crippen LogP contribution in [0, 0.1) is 5.82 Å². The summed E-state index contributed by atoms with van der Waals surface area (Å²) in [5.74, 6) is -0.178. The molecule has 15 heavy (non-hydrogen) atoms. The Hall–Kier alpha value is -1.97. The summed E-state index contributed by atoms with van der Waals surface area (Å²) in [6, 6.07) is 4.59. The van der Waals surface area contributed by atoms with E-state index in [1.165, 1.54) is 13.2 Å². The topological polar surface area (TPSA) is 35.0 Å². The van der Waals surface area contributed by atoms with Crippen molar-refractivity contribution in [2.24, 2.45) is 0 Å². The molecule has 1 aromatic carbocycles. The van der Waals surface area contributed by atoms with Gasteiger partial charge in [0, 0.05) is 18.0 Å². The summed E-state index contributed by atoms with van der Waals surface area (Å²) in [4.78, 5) is 8.06. The first-order valence-corrected chi connectivity index (χ1v) is 4.41. The quantitative estimate of drug-likeness (QED) is 0.752. The van der Waals surface area contributed by atoms with E-state index in [0.717, 1.165) is 5.56 Å². The van der Waals surface area contributed by atoms with E-state index < -0.39 is 0 Å². The van der Waals surface area contributed by atoms with E-state index in [9.17, 15) is 4.39 Å². The number of hydrogen-bond acceptors (Lipinski definition) is 3. The third-order valence-corrected chi connectivity index (χ3v) is 2.01. The lowest BCUT2D eigenvalue weighted by atomic mass is 10.1. The molecule has 2 rings (SSSR count). The Kier molecular flexibility index (Phi) is 2.58. The second-order valence-electron chi connectivity index (χ2n) is 2.94. The molecule has 0 saturated heterocycles. The highest BCUT2D eigenvalue weighted by atomic mass is 19.1. The fourth-order valence-corrected chi connectivity index (χ4v) is 1.27. The molecule has 0 aliphatic heterocycles. The molecular weight excluding hydrogens is 195 g/mol. The van der Waals surface area contributed by atoms with Gasteiger partial charge in [0.15, 0.2) is 11.6 Å². The molecule has 0 aliphatic rings. The average Bonchev–Trinajstić information content (AvgIpc) is 2.31. The van der Waals surface area contributed by atoms with Crippen LogP contribution >= 0.6 is 0 Å². The third kappa shape index (κ3) is 1.93. The fourth-order valence-electron chi connectivity index (χ4n) is 1.27. The van der Waals surface area contributed by atoms with E-state index in [4.69, 9.17) is 4.74 Å². The van der Waals surface area contributed by atoms with Crippen LogP contribution in [0.4, 0.5) is 4.39 Å². The van der Waals surface area contributed by atoms with Crippen molar-refractivity contribution in [3.63, 3.8) is 0 Å². The molecule has 0 aliphatic carbocycles. The van der Waals surface area contributed by atoms with Crippen molar-refractivity contribution in [1.82, 2.24) is 9.97 Å². The Morgan fingerprint density at radius 1 is 1.27 bits per heavy atom. The zero-order chi connectivity index (χ0) is 10.7. The highest BCUT2D eigenvalue weighted by molar-refractivity contribution is 5.60. The van der Waals surface area contributed by atoms with Gasteiger partial charge in [-0.05, 0) is 18.2 Å². The maximum Gasteiger partial charge on any atom is 0.165 e. The number of aromatic nitrogens is 2. The maximum atomic E-state index is 13.1. The van der Waals surface area contributed by atoms with Gasteiger partial charge in [0.05, 0.1) is 19.0 Å². The Labute approximate surface area is 86.6 Å². The van der Waals surface area contributed by atoms with Crippen molar-refractivity contribution in [2.75, 3.05) is 7.11 Å². The summed E-state index contributed by atoms with van der Waals surface area (Å²) >= 11 is 0. The fraction of sp³-hybridized carbons (Fsp3) is 0.0909. The van der Waals surface area contributed by atoms with Gasteiger partial charge in [-0.2, -0.15) is 0 Å². The van der Waals surface area contributed by atoms with E-state index in [0.29, 0.717) is 5.69 Å². The summed E-state index contributed by atoms with van der Waals surface area (Å²) in [7, 11) is 1.43. The van der Waals surface area contributed by atoms with Crippen molar-refractivity contribution >= 4 is 0 Å². The molecular formula is C11H9FN2O. The number of methoxy groups -OCH3 is 1. The van der Waals surface area contributed by atoms with Crippen molar-refractivity contribution in [3.05, 3.63) is 42.6 Å². The molecule has 3 nitrogen and oxygen atoms in total. The molecule has 0 atom stereocenters. The number of hydrogen-bond donors (Lipinski definition) is 0. The summed E-state index contributed by atoms with van der Waals surface area (Å²) in [5.41, 5.74) is 1.47. The molecule has 0 spiro atoms. The number of nitrogens with zero attached hydrogens (tertiary/aromatic N) is 2. The lowest BCUT2D eigenvalue weighted by Crippen LogP contribution is -1.90. The highest BCUT2D eigenvalue weighted by Gasteiger charge is 2.05. The van der Waals surface area contributed by atoms with Gasteiger partial charge in [0.1, 0.15) is 0 Å². The molecule has 0 saturated carbocycles. The molecule has 0 radical (unpaired) electrons. The normalized spacial score (nSPS) is 10.0. The molecule has 76 valence electrons. The first-order chi connectivity index (χ1) is 7.31. The van der Waals surface area contributed by atoms with Crippen molar-refractivity contribution in [3.8, 4) is 17.0 Å². The SMILES string of the molecule is COc1cc(-c2cnccn2)ccc1F. The van der Waals surface area contributed by atoms with Crippen molar-refractivity contribution < 1.29 is 9.13 Å². The second kappa shape index (κ2) is 4.04. The molecule has 0 bridgehead atoms. The lowest BCUT2D eigenvalue weighted by Gasteiger charge is -2.04. The molecule has 0 amide bonds. The van der Waals surface area contributed by atoms with Crippen LogP contribution < -0.4 is 4.74 Å². The van der Waals surface area contributed by atoms with Gasteiger partial charge >= 0.3 is 0 Å². The standard InChI is InChI=1S/C11H9FN2O/c1-15-11-6-8(2-3-9(11)12)10-7-13-4-5-14-10/h2-7H,1H3. The van der Waals surface area contributed by atoms with Gasteiger partial charge < -0.3 is 4.74 Å². The molecule has 4 heteroatoms. The zero-order valence-corrected chi connectivity index (χ0v) is 8.14. The minimum absolute atomic E-state index is 0.207. The minimum atomic E-state index is -0.384. The van der Waals surface area contributed by atoms with Crippen LogP contribution in [0.2, 0.25) is 0 Å². The van der Waals surface area contributed by atoms with E-state index in [1.807, 2.05) is 0 Å². The largest absolute Gasteiger partial charge is 0.494 e. The van der Waals surface area contributed by atoms with Crippen molar-refractivity contribution in [2.45, 2.75) is 0 Å². The summed E-state index contributed by atoms with van der Waals surface area (Å²) in [5, 5.41) is 0. The van der Waals surface area contributed by atoms with Crippen LogP contribution in [0.15, 0.2) is 36.8 Å². The molecule has 1 aromatic heterocycles. The van der Waals surface area contributed by atoms with Crippen LogP contribution in [-0.4, -0.2) is 17.1 Å². The Morgan fingerprint density at radius 2 is 2.13 bits per heavy atom. The monoisotopic (exact) mass is 204 g/mol. The molecule has 1 heterocycles. The number of ether oxygens (including phenoxy) is 1. The van der Waals surface area contributed by atoms with E-state index in [2.05, 4.69) is 9.97 Å².